The van der Waals surface area contributed by atoms with E-state index in [1.54, 1.807) is 26.0 Å². The fourth-order valence-electron chi connectivity index (χ4n) is 2.47. The molecule has 0 fully saturated rings. The Morgan fingerprint density at radius 1 is 1.11 bits per heavy atom. The second-order valence-corrected chi connectivity index (χ2v) is 6.27. The largest absolute Gasteiger partial charge is 0.416 e. The van der Waals surface area contributed by atoms with Gasteiger partial charge in [0.15, 0.2) is 0 Å². The van der Waals surface area contributed by atoms with Crippen LogP contribution >= 0.6 is 11.6 Å². The van der Waals surface area contributed by atoms with Crippen LogP contribution in [-0.2, 0) is 6.18 Å². The van der Waals surface area contributed by atoms with Gasteiger partial charge in [-0.05, 0) is 44.2 Å². The van der Waals surface area contributed by atoms with Crippen molar-refractivity contribution in [3.63, 3.8) is 0 Å². The predicted molar refractivity (Wildman–Crippen MR) is 95.2 cm³/mol. The fourth-order valence-corrected chi connectivity index (χ4v) is 2.67. The molecule has 2 heterocycles. The molecule has 3 rings (SSSR count). The van der Waals surface area contributed by atoms with Crippen molar-refractivity contribution in [1.82, 2.24) is 14.8 Å². The molecule has 3 aromatic rings. The highest BCUT2D eigenvalue weighted by Crippen LogP contribution is 2.34. The SMILES string of the molecule is Cc1cccc(C(=O)Nc2cc(C)nn2-c2cc(C(F)(F)F)ccc2Cl)n1. The normalized spacial score (nSPS) is 11.5. The van der Waals surface area contributed by atoms with Gasteiger partial charge in [-0.3, -0.25) is 4.79 Å². The van der Waals surface area contributed by atoms with Crippen LogP contribution in [0.25, 0.3) is 5.69 Å². The van der Waals surface area contributed by atoms with Gasteiger partial charge in [0.05, 0.1) is 22.0 Å². The monoisotopic (exact) mass is 394 g/mol. The standard InChI is InChI=1S/C18H14ClF3N4O/c1-10-4-3-5-14(23-10)17(27)24-16-8-11(2)25-26(16)15-9-12(18(20,21)22)6-7-13(15)19/h3-9H,1-2H3,(H,24,27). The molecule has 9 heteroatoms. The van der Waals surface area contributed by atoms with Gasteiger partial charge in [0.2, 0.25) is 0 Å². The van der Waals surface area contributed by atoms with E-state index in [9.17, 15) is 18.0 Å². The lowest BCUT2D eigenvalue weighted by Gasteiger charge is -2.13. The first-order valence-corrected chi connectivity index (χ1v) is 8.22. The first-order valence-electron chi connectivity index (χ1n) is 7.84. The lowest BCUT2D eigenvalue weighted by Crippen LogP contribution is -2.17. The van der Waals surface area contributed by atoms with Crippen LogP contribution in [0, 0.1) is 13.8 Å². The number of nitrogens with zero attached hydrogens (tertiary/aromatic N) is 3. The summed E-state index contributed by atoms with van der Waals surface area (Å²) in [5.41, 5.74) is 0.472. The van der Waals surface area contributed by atoms with Gasteiger partial charge >= 0.3 is 6.18 Å². The molecule has 140 valence electrons. The van der Waals surface area contributed by atoms with Gasteiger partial charge in [0.25, 0.3) is 5.91 Å². The van der Waals surface area contributed by atoms with Crippen LogP contribution in [-0.4, -0.2) is 20.7 Å². The van der Waals surface area contributed by atoms with Crippen molar-refractivity contribution in [2.45, 2.75) is 20.0 Å². The first-order chi connectivity index (χ1) is 12.6. The Kier molecular flexibility index (Phi) is 4.93. The van der Waals surface area contributed by atoms with E-state index in [1.807, 2.05) is 0 Å². The summed E-state index contributed by atoms with van der Waals surface area (Å²) in [6, 6.07) is 9.41. The van der Waals surface area contributed by atoms with Gasteiger partial charge in [-0.1, -0.05) is 17.7 Å². The van der Waals surface area contributed by atoms with Gasteiger partial charge in [0, 0.05) is 11.8 Å². The average molecular weight is 395 g/mol. The lowest BCUT2D eigenvalue weighted by molar-refractivity contribution is -0.137. The number of halogens is 4. The van der Waals surface area contributed by atoms with Gasteiger partial charge < -0.3 is 5.32 Å². The number of benzene rings is 1. The number of carbonyl (C=O) groups is 1. The number of hydrogen-bond acceptors (Lipinski definition) is 3. The summed E-state index contributed by atoms with van der Waals surface area (Å²) in [4.78, 5) is 16.6. The molecule has 5 nitrogen and oxygen atoms in total. The first kappa shape index (κ1) is 18.9. The van der Waals surface area contributed by atoms with Crippen LogP contribution in [0.1, 0.15) is 27.4 Å². The Hall–Kier alpha value is -2.87. The number of nitrogens with one attached hydrogen (secondary N) is 1. The molecular weight excluding hydrogens is 381 g/mol. The van der Waals surface area contributed by atoms with E-state index < -0.39 is 17.6 Å². The summed E-state index contributed by atoms with van der Waals surface area (Å²) in [5.74, 6) is -0.329. The van der Waals surface area contributed by atoms with Crippen LogP contribution in [0.15, 0.2) is 42.5 Å². The maximum atomic E-state index is 13.0. The smallest absolute Gasteiger partial charge is 0.305 e. The summed E-state index contributed by atoms with van der Waals surface area (Å²) >= 11 is 6.08. The maximum absolute atomic E-state index is 13.0. The second kappa shape index (κ2) is 7.03. The zero-order valence-corrected chi connectivity index (χ0v) is 15.1. The molecule has 0 saturated heterocycles. The highest BCUT2D eigenvalue weighted by Gasteiger charge is 2.31. The van der Waals surface area contributed by atoms with Gasteiger partial charge in [-0.25, -0.2) is 9.67 Å². The minimum absolute atomic E-state index is 0.00657. The molecule has 1 amide bonds. The van der Waals surface area contributed by atoms with Crippen LogP contribution in [0.5, 0.6) is 0 Å². The summed E-state index contributed by atoms with van der Waals surface area (Å²) in [5, 5.41) is 6.84. The van der Waals surface area contributed by atoms with Crippen molar-refractivity contribution < 1.29 is 18.0 Å². The average Bonchev–Trinajstić information content (AvgIpc) is 2.94. The van der Waals surface area contributed by atoms with Crippen molar-refractivity contribution in [1.29, 1.82) is 0 Å². The number of amides is 1. The number of anilines is 1. The quantitative estimate of drug-likeness (QED) is 0.693. The lowest BCUT2D eigenvalue weighted by atomic mass is 10.2. The van der Waals surface area contributed by atoms with E-state index in [0.717, 1.165) is 18.2 Å². The number of alkyl halides is 3. The summed E-state index contributed by atoms with van der Waals surface area (Å²) in [6.45, 7) is 3.40. The van der Waals surface area contributed by atoms with Crippen LogP contribution in [0.3, 0.4) is 0 Å². The molecule has 0 bridgehead atoms. The molecule has 27 heavy (non-hydrogen) atoms. The molecule has 0 atom stereocenters. The van der Waals surface area contributed by atoms with Crippen molar-refractivity contribution >= 4 is 23.3 Å². The molecule has 0 radical (unpaired) electrons. The highest BCUT2D eigenvalue weighted by atomic mass is 35.5. The molecule has 0 spiro atoms. The van der Waals surface area contributed by atoms with E-state index in [4.69, 9.17) is 11.6 Å². The summed E-state index contributed by atoms with van der Waals surface area (Å²) in [6.07, 6.45) is -4.53. The zero-order chi connectivity index (χ0) is 19.8. The number of rotatable bonds is 3. The molecule has 1 N–H and O–H groups in total. The van der Waals surface area contributed by atoms with Crippen molar-refractivity contribution in [2.75, 3.05) is 5.32 Å². The third-order valence-corrected chi connectivity index (χ3v) is 4.02. The molecular formula is C18H14ClF3N4O. The van der Waals surface area contributed by atoms with Crippen LogP contribution < -0.4 is 5.32 Å². The van der Waals surface area contributed by atoms with E-state index in [1.165, 1.54) is 16.8 Å². The highest BCUT2D eigenvalue weighted by molar-refractivity contribution is 6.32. The minimum Gasteiger partial charge on any atom is -0.305 e. The number of pyridine rings is 1. The molecule has 1 aromatic carbocycles. The van der Waals surface area contributed by atoms with E-state index in [2.05, 4.69) is 15.4 Å². The van der Waals surface area contributed by atoms with Gasteiger partial charge in [-0.2, -0.15) is 18.3 Å². The van der Waals surface area contributed by atoms with Crippen molar-refractivity contribution in [3.05, 3.63) is 70.1 Å². The molecule has 0 aliphatic rings. The predicted octanol–water partition coefficient (Wildman–Crippen LogP) is 4.81. The molecule has 0 unspecified atom stereocenters. The molecule has 0 aliphatic heterocycles. The Labute approximate surface area is 157 Å². The Bertz CT molecular complexity index is 1010. The number of aryl methyl sites for hydroxylation is 2. The van der Waals surface area contributed by atoms with Crippen molar-refractivity contribution in [3.8, 4) is 5.69 Å². The second-order valence-electron chi connectivity index (χ2n) is 5.87. The van der Waals surface area contributed by atoms with Gasteiger partial charge in [-0.15, -0.1) is 0 Å². The summed E-state index contributed by atoms with van der Waals surface area (Å²) in [7, 11) is 0. The Morgan fingerprint density at radius 2 is 1.85 bits per heavy atom. The molecule has 0 aliphatic carbocycles. The minimum atomic E-state index is -4.53. The number of aromatic nitrogens is 3. The van der Waals surface area contributed by atoms with Crippen LogP contribution in [0.2, 0.25) is 5.02 Å². The Balaban J connectivity index is 2.01. The number of carbonyl (C=O) groups excluding carboxylic acids is 1. The third kappa shape index (κ3) is 4.11. The Morgan fingerprint density at radius 3 is 2.52 bits per heavy atom. The molecule has 2 aromatic heterocycles. The van der Waals surface area contributed by atoms with E-state index in [-0.39, 0.29) is 22.2 Å². The molecule has 0 saturated carbocycles. The summed E-state index contributed by atoms with van der Waals surface area (Å²) < 4.78 is 40.3. The van der Waals surface area contributed by atoms with Gasteiger partial charge in [0.1, 0.15) is 11.5 Å². The maximum Gasteiger partial charge on any atom is 0.416 e. The van der Waals surface area contributed by atoms with E-state index in [0.29, 0.717) is 11.4 Å². The van der Waals surface area contributed by atoms with E-state index >= 15 is 0 Å². The zero-order valence-electron chi connectivity index (χ0n) is 14.3. The van der Waals surface area contributed by atoms with Crippen LogP contribution in [0.4, 0.5) is 19.0 Å². The number of hydrogen-bond donors (Lipinski definition) is 1. The van der Waals surface area contributed by atoms with Crippen molar-refractivity contribution in [2.24, 2.45) is 0 Å². The fraction of sp³-hybridized carbons (Fsp3) is 0.167. The topological polar surface area (TPSA) is 59.8 Å². The third-order valence-electron chi connectivity index (χ3n) is 3.70.